The molecular formula is C16H21N3O4S. The van der Waals surface area contributed by atoms with Gasteiger partial charge < -0.3 is 9.26 Å². The quantitative estimate of drug-likeness (QED) is 0.820. The van der Waals surface area contributed by atoms with Crippen molar-refractivity contribution in [1.29, 1.82) is 0 Å². The van der Waals surface area contributed by atoms with E-state index in [4.69, 9.17) is 9.26 Å². The van der Waals surface area contributed by atoms with E-state index in [2.05, 4.69) is 10.1 Å². The van der Waals surface area contributed by atoms with Crippen LogP contribution in [0.15, 0.2) is 28.8 Å². The van der Waals surface area contributed by atoms with Crippen molar-refractivity contribution in [2.75, 3.05) is 19.3 Å². The van der Waals surface area contributed by atoms with Crippen molar-refractivity contribution in [3.05, 3.63) is 41.5 Å². The fourth-order valence-electron chi connectivity index (χ4n) is 2.79. The number of aromatic nitrogens is 2. The van der Waals surface area contributed by atoms with Crippen LogP contribution in [0.4, 0.5) is 0 Å². The molecule has 0 N–H and O–H groups in total. The Balaban J connectivity index is 1.57. The first kappa shape index (κ1) is 16.9. The highest BCUT2D eigenvalue weighted by Crippen LogP contribution is 2.28. The fraction of sp³-hybridized carbons (Fsp3) is 0.500. The van der Waals surface area contributed by atoms with E-state index in [1.54, 1.807) is 0 Å². The molecule has 0 atom stereocenters. The van der Waals surface area contributed by atoms with Crippen LogP contribution in [0.3, 0.4) is 0 Å². The van der Waals surface area contributed by atoms with Crippen LogP contribution in [0.2, 0.25) is 0 Å². The number of sulfonamides is 1. The van der Waals surface area contributed by atoms with Crippen molar-refractivity contribution >= 4 is 10.0 Å². The summed E-state index contributed by atoms with van der Waals surface area (Å²) in [6.45, 7) is 3.20. The molecule has 0 radical (unpaired) electrons. The molecule has 1 aromatic heterocycles. The molecule has 1 aliphatic heterocycles. The summed E-state index contributed by atoms with van der Waals surface area (Å²) in [7, 11) is -3.12. The molecule has 24 heavy (non-hydrogen) atoms. The number of nitrogens with zero attached hydrogens (tertiary/aromatic N) is 3. The Morgan fingerprint density at radius 1 is 1.29 bits per heavy atom. The van der Waals surface area contributed by atoms with Gasteiger partial charge in [0, 0.05) is 19.0 Å². The van der Waals surface area contributed by atoms with Gasteiger partial charge in [-0.05, 0) is 31.4 Å². The predicted octanol–water partition coefficient (Wildman–Crippen LogP) is 2.10. The zero-order chi connectivity index (χ0) is 17.2. The summed E-state index contributed by atoms with van der Waals surface area (Å²) < 4.78 is 35.6. The molecule has 1 fully saturated rings. The molecule has 7 nitrogen and oxygen atoms in total. The first-order valence-corrected chi connectivity index (χ1v) is 9.74. The van der Waals surface area contributed by atoms with Crippen LogP contribution in [0.5, 0.6) is 5.75 Å². The van der Waals surface area contributed by atoms with Gasteiger partial charge in [-0.25, -0.2) is 12.7 Å². The van der Waals surface area contributed by atoms with Crippen LogP contribution < -0.4 is 4.74 Å². The Hall–Kier alpha value is -1.93. The number of piperidine rings is 1. The van der Waals surface area contributed by atoms with Gasteiger partial charge in [-0.1, -0.05) is 23.4 Å². The Morgan fingerprint density at radius 3 is 2.67 bits per heavy atom. The molecule has 2 heterocycles. The van der Waals surface area contributed by atoms with E-state index in [9.17, 15) is 8.42 Å². The van der Waals surface area contributed by atoms with E-state index in [1.165, 1.54) is 10.6 Å². The Kier molecular flexibility index (Phi) is 4.86. The molecule has 1 saturated heterocycles. The maximum Gasteiger partial charge on any atom is 0.229 e. The smallest absolute Gasteiger partial charge is 0.229 e. The number of benzene rings is 1. The molecule has 0 unspecified atom stereocenters. The molecule has 3 rings (SSSR count). The van der Waals surface area contributed by atoms with Crippen molar-refractivity contribution in [3.63, 3.8) is 0 Å². The largest absolute Gasteiger partial charge is 0.485 e. The van der Waals surface area contributed by atoms with Crippen LogP contribution in [0, 0.1) is 6.92 Å². The number of ether oxygens (including phenoxy) is 1. The minimum Gasteiger partial charge on any atom is -0.485 e. The molecule has 1 aliphatic rings. The standard InChI is InChI=1S/C16H21N3O4S/c1-12-5-3-4-6-14(12)22-11-15-17-16(23-18-15)13-7-9-19(10-8-13)24(2,20)21/h3-6,13H,7-11H2,1-2H3. The van der Waals surface area contributed by atoms with Crippen molar-refractivity contribution < 1.29 is 17.7 Å². The average molecular weight is 351 g/mol. The molecule has 1 aromatic carbocycles. The molecule has 2 aromatic rings. The summed E-state index contributed by atoms with van der Waals surface area (Å²) in [4.78, 5) is 4.40. The highest BCUT2D eigenvalue weighted by atomic mass is 32.2. The molecule has 0 spiro atoms. The van der Waals surface area contributed by atoms with Gasteiger partial charge in [-0.3, -0.25) is 0 Å². The second-order valence-electron chi connectivity index (χ2n) is 6.04. The summed E-state index contributed by atoms with van der Waals surface area (Å²) >= 11 is 0. The summed E-state index contributed by atoms with van der Waals surface area (Å²) in [5.41, 5.74) is 1.05. The number of aryl methyl sites for hydroxylation is 1. The SMILES string of the molecule is Cc1ccccc1OCc1noc(C2CCN(S(C)(=O)=O)CC2)n1. The summed E-state index contributed by atoms with van der Waals surface area (Å²) in [6, 6.07) is 7.75. The van der Waals surface area contributed by atoms with E-state index in [1.807, 2.05) is 31.2 Å². The van der Waals surface area contributed by atoms with Gasteiger partial charge in [0.1, 0.15) is 5.75 Å². The third-order valence-electron chi connectivity index (χ3n) is 4.21. The topological polar surface area (TPSA) is 85.5 Å². The highest BCUT2D eigenvalue weighted by Gasteiger charge is 2.29. The van der Waals surface area contributed by atoms with E-state index in [-0.39, 0.29) is 12.5 Å². The van der Waals surface area contributed by atoms with E-state index < -0.39 is 10.0 Å². The summed E-state index contributed by atoms with van der Waals surface area (Å²) in [6.07, 6.45) is 2.61. The van der Waals surface area contributed by atoms with Gasteiger partial charge in [0.2, 0.25) is 21.7 Å². The number of hydrogen-bond donors (Lipinski definition) is 0. The van der Waals surface area contributed by atoms with Gasteiger partial charge in [0.25, 0.3) is 0 Å². The molecule has 0 bridgehead atoms. The summed E-state index contributed by atoms with van der Waals surface area (Å²) in [5.74, 6) is 1.96. The second kappa shape index (κ2) is 6.90. The van der Waals surface area contributed by atoms with Gasteiger partial charge in [-0.2, -0.15) is 4.98 Å². The monoisotopic (exact) mass is 351 g/mol. The Bertz CT molecular complexity index is 795. The lowest BCUT2D eigenvalue weighted by molar-refractivity contribution is 0.264. The van der Waals surface area contributed by atoms with Crippen LogP contribution in [-0.2, 0) is 16.6 Å². The molecule has 130 valence electrons. The van der Waals surface area contributed by atoms with Gasteiger partial charge in [0.15, 0.2) is 6.61 Å². The van der Waals surface area contributed by atoms with Crippen molar-refractivity contribution in [3.8, 4) is 5.75 Å². The van der Waals surface area contributed by atoms with Crippen molar-refractivity contribution in [1.82, 2.24) is 14.4 Å². The van der Waals surface area contributed by atoms with E-state index in [0.29, 0.717) is 37.6 Å². The van der Waals surface area contributed by atoms with Crippen LogP contribution >= 0.6 is 0 Å². The van der Waals surface area contributed by atoms with E-state index >= 15 is 0 Å². The number of para-hydroxylation sites is 1. The maximum atomic E-state index is 11.5. The number of hydrogen-bond acceptors (Lipinski definition) is 6. The highest BCUT2D eigenvalue weighted by molar-refractivity contribution is 7.88. The fourth-order valence-corrected chi connectivity index (χ4v) is 3.66. The average Bonchev–Trinajstić information content (AvgIpc) is 3.02. The zero-order valence-corrected chi connectivity index (χ0v) is 14.6. The zero-order valence-electron chi connectivity index (χ0n) is 13.8. The molecular weight excluding hydrogens is 330 g/mol. The molecule has 0 aliphatic carbocycles. The lowest BCUT2D eigenvalue weighted by Crippen LogP contribution is -2.37. The van der Waals surface area contributed by atoms with Crippen molar-refractivity contribution in [2.24, 2.45) is 0 Å². The Labute approximate surface area is 141 Å². The van der Waals surface area contributed by atoms with Gasteiger partial charge in [0.05, 0.1) is 6.26 Å². The van der Waals surface area contributed by atoms with Crippen LogP contribution in [0.1, 0.15) is 36.0 Å². The first-order valence-electron chi connectivity index (χ1n) is 7.89. The van der Waals surface area contributed by atoms with Gasteiger partial charge in [-0.15, -0.1) is 0 Å². The van der Waals surface area contributed by atoms with Crippen molar-refractivity contribution in [2.45, 2.75) is 32.3 Å². The predicted molar refractivity (Wildman–Crippen MR) is 88.2 cm³/mol. The third kappa shape index (κ3) is 3.93. The summed E-state index contributed by atoms with van der Waals surface area (Å²) in [5, 5.41) is 3.96. The second-order valence-corrected chi connectivity index (χ2v) is 8.02. The number of rotatable bonds is 5. The van der Waals surface area contributed by atoms with Crippen LogP contribution in [-0.4, -0.2) is 42.2 Å². The lowest BCUT2D eigenvalue weighted by Gasteiger charge is -2.28. The molecule has 0 amide bonds. The minimum absolute atomic E-state index is 0.0997. The molecule has 8 heteroatoms. The van der Waals surface area contributed by atoms with Crippen LogP contribution in [0.25, 0.3) is 0 Å². The normalized spacial score (nSPS) is 17.1. The Morgan fingerprint density at radius 2 is 2.00 bits per heavy atom. The van der Waals surface area contributed by atoms with E-state index in [0.717, 1.165) is 11.3 Å². The third-order valence-corrected chi connectivity index (χ3v) is 5.51. The lowest BCUT2D eigenvalue weighted by atomic mass is 9.98. The first-order chi connectivity index (χ1) is 11.4. The molecule has 0 saturated carbocycles. The minimum atomic E-state index is -3.12. The maximum absolute atomic E-state index is 11.5. The van der Waals surface area contributed by atoms with Gasteiger partial charge >= 0.3 is 0 Å².